The van der Waals surface area contributed by atoms with Gasteiger partial charge in [-0.25, -0.2) is 8.42 Å². The number of anilines is 3. The molecule has 2 aromatic rings. The number of rotatable bonds is 3. The molecule has 0 atom stereocenters. The number of hydrogen-bond donors (Lipinski definition) is 0. The number of fused-ring (bicyclic) bond motifs is 1. The van der Waals surface area contributed by atoms with Crippen molar-refractivity contribution in [3.63, 3.8) is 0 Å². The highest BCUT2D eigenvalue weighted by Crippen LogP contribution is 2.40. The number of likely N-dealkylation sites (tertiary alicyclic amines) is 1. The van der Waals surface area contributed by atoms with Crippen molar-refractivity contribution in [2.45, 2.75) is 17.7 Å². The molecule has 6 nitrogen and oxygen atoms in total. The fourth-order valence-corrected chi connectivity index (χ4v) is 5.17. The maximum atomic E-state index is 13.2. The van der Waals surface area contributed by atoms with Gasteiger partial charge in [0.2, 0.25) is 9.84 Å². The van der Waals surface area contributed by atoms with E-state index in [0.29, 0.717) is 18.8 Å². The average molecular weight is 398 g/mol. The van der Waals surface area contributed by atoms with Gasteiger partial charge in [-0.3, -0.25) is 4.79 Å². The predicted molar refractivity (Wildman–Crippen MR) is 110 cm³/mol. The molecule has 2 aliphatic rings. The Labute approximate surface area is 165 Å². The minimum Gasteiger partial charge on any atom is -0.378 e. The van der Waals surface area contributed by atoms with Crippen LogP contribution < -0.4 is 9.80 Å². The van der Waals surface area contributed by atoms with E-state index in [1.807, 2.05) is 43.3 Å². The van der Waals surface area contributed by atoms with Crippen molar-refractivity contribution in [1.29, 1.82) is 0 Å². The van der Waals surface area contributed by atoms with Crippen molar-refractivity contribution in [3.05, 3.63) is 59.6 Å². The molecule has 28 heavy (non-hydrogen) atoms. The molecule has 2 aromatic carbocycles. The summed E-state index contributed by atoms with van der Waals surface area (Å²) >= 11 is 0. The van der Waals surface area contributed by atoms with Crippen LogP contribution in [0.3, 0.4) is 0 Å². The Morgan fingerprint density at radius 2 is 1.61 bits per heavy atom. The Hall–Kier alpha value is -2.80. The van der Waals surface area contributed by atoms with Gasteiger partial charge in [-0.2, -0.15) is 0 Å². The normalized spacial score (nSPS) is 17.9. The van der Waals surface area contributed by atoms with E-state index in [1.165, 1.54) is 6.20 Å². The van der Waals surface area contributed by atoms with Gasteiger partial charge in [-0.15, -0.1) is 0 Å². The third-order valence-corrected chi connectivity index (χ3v) is 6.98. The standard InChI is InChI=1S/C21H23N3O3S/c1-22(2)16-9-11-17(12-10-16)24-15-20(21(25)23-13-5-6-14-23)28(26,27)19-8-4-3-7-18(19)24/h3-4,7-12,15H,5-6,13-14H2,1-2H3. The summed E-state index contributed by atoms with van der Waals surface area (Å²) in [7, 11) is 0.0636. The Kier molecular flexibility index (Phi) is 4.63. The molecule has 4 rings (SSSR count). The second kappa shape index (κ2) is 6.98. The van der Waals surface area contributed by atoms with E-state index in [9.17, 15) is 13.2 Å². The van der Waals surface area contributed by atoms with Gasteiger partial charge < -0.3 is 14.7 Å². The van der Waals surface area contributed by atoms with E-state index >= 15 is 0 Å². The number of hydrogen-bond acceptors (Lipinski definition) is 5. The third-order valence-electron chi connectivity index (χ3n) is 5.20. The van der Waals surface area contributed by atoms with Gasteiger partial charge in [0, 0.05) is 44.8 Å². The summed E-state index contributed by atoms with van der Waals surface area (Å²) in [4.78, 5) is 18.4. The number of para-hydroxylation sites is 1. The minimum absolute atomic E-state index is 0.162. The second-order valence-electron chi connectivity index (χ2n) is 7.24. The number of nitrogens with zero attached hydrogens (tertiary/aromatic N) is 3. The van der Waals surface area contributed by atoms with Gasteiger partial charge in [0.15, 0.2) is 4.91 Å². The largest absolute Gasteiger partial charge is 0.378 e. The van der Waals surface area contributed by atoms with E-state index < -0.39 is 15.7 Å². The van der Waals surface area contributed by atoms with Gasteiger partial charge in [-0.1, -0.05) is 12.1 Å². The molecule has 2 aliphatic heterocycles. The molecule has 1 fully saturated rings. The van der Waals surface area contributed by atoms with Crippen LogP contribution in [0.5, 0.6) is 0 Å². The fraction of sp³-hybridized carbons (Fsp3) is 0.286. The highest BCUT2D eigenvalue weighted by molar-refractivity contribution is 7.96. The first kappa shape index (κ1) is 18.6. The SMILES string of the molecule is CN(C)c1ccc(N2C=C(C(=O)N3CCCC3)S(=O)(=O)c3ccccc32)cc1. The molecule has 0 bridgehead atoms. The van der Waals surface area contributed by atoms with Crippen molar-refractivity contribution in [3.8, 4) is 0 Å². The van der Waals surface area contributed by atoms with Crippen LogP contribution in [0.4, 0.5) is 17.1 Å². The molecule has 0 radical (unpaired) electrons. The van der Waals surface area contributed by atoms with Gasteiger partial charge >= 0.3 is 0 Å². The summed E-state index contributed by atoms with van der Waals surface area (Å²) in [5.74, 6) is -0.415. The first-order chi connectivity index (χ1) is 13.4. The summed E-state index contributed by atoms with van der Waals surface area (Å²) < 4.78 is 26.3. The topological polar surface area (TPSA) is 60.9 Å². The maximum Gasteiger partial charge on any atom is 0.267 e. The Morgan fingerprint density at radius 1 is 0.964 bits per heavy atom. The lowest BCUT2D eigenvalue weighted by Crippen LogP contribution is -2.35. The van der Waals surface area contributed by atoms with Gasteiger partial charge in [-0.05, 0) is 49.2 Å². The van der Waals surface area contributed by atoms with E-state index in [1.54, 1.807) is 34.1 Å². The molecule has 0 spiro atoms. The third kappa shape index (κ3) is 3.05. The summed E-state index contributed by atoms with van der Waals surface area (Å²) in [6, 6.07) is 14.6. The number of sulfone groups is 1. The van der Waals surface area contributed by atoms with Crippen LogP contribution in [0, 0.1) is 0 Å². The molecular weight excluding hydrogens is 374 g/mol. The molecule has 7 heteroatoms. The van der Waals surface area contributed by atoms with Crippen molar-refractivity contribution >= 4 is 32.8 Å². The zero-order chi connectivity index (χ0) is 19.9. The molecule has 0 unspecified atom stereocenters. The lowest BCUT2D eigenvalue weighted by molar-refractivity contribution is -0.125. The number of benzene rings is 2. The van der Waals surface area contributed by atoms with E-state index in [-0.39, 0.29) is 9.80 Å². The van der Waals surface area contributed by atoms with Gasteiger partial charge in [0.05, 0.1) is 10.6 Å². The van der Waals surface area contributed by atoms with Crippen LogP contribution in [0.2, 0.25) is 0 Å². The van der Waals surface area contributed by atoms with Crippen LogP contribution in [0.15, 0.2) is 64.5 Å². The Morgan fingerprint density at radius 3 is 2.25 bits per heavy atom. The average Bonchev–Trinajstić information content (AvgIpc) is 3.23. The highest BCUT2D eigenvalue weighted by Gasteiger charge is 2.38. The Bertz CT molecular complexity index is 1040. The lowest BCUT2D eigenvalue weighted by atomic mass is 10.2. The number of carbonyl (C=O) groups excluding carboxylic acids is 1. The van der Waals surface area contributed by atoms with Gasteiger partial charge in [0.1, 0.15) is 0 Å². The zero-order valence-corrected chi connectivity index (χ0v) is 16.8. The zero-order valence-electron chi connectivity index (χ0n) is 16.0. The van der Waals surface area contributed by atoms with Crippen LogP contribution in [-0.2, 0) is 14.6 Å². The predicted octanol–water partition coefficient (Wildman–Crippen LogP) is 3.14. The molecular formula is C21H23N3O3S. The summed E-state index contributed by atoms with van der Waals surface area (Å²) in [6.45, 7) is 1.20. The second-order valence-corrected chi connectivity index (χ2v) is 9.13. The van der Waals surface area contributed by atoms with Crippen molar-refractivity contribution < 1.29 is 13.2 Å². The highest BCUT2D eigenvalue weighted by atomic mass is 32.2. The van der Waals surface area contributed by atoms with Crippen molar-refractivity contribution in [1.82, 2.24) is 4.90 Å². The van der Waals surface area contributed by atoms with Crippen LogP contribution in [0.1, 0.15) is 12.8 Å². The first-order valence-corrected chi connectivity index (χ1v) is 10.8. The minimum atomic E-state index is -3.86. The summed E-state index contributed by atoms with van der Waals surface area (Å²) in [5.41, 5.74) is 2.40. The summed E-state index contributed by atoms with van der Waals surface area (Å²) in [6.07, 6.45) is 3.29. The molecule has 0 N–H and O–H groups in total. The van der Waals surface area contributed by atoms with E-state index in [2.05, 4.69) is 0 Å². The van der Waals surface area contributed by atoms with E-state index in [0.717, 1.165) is 24.2 Å². The van der Waals surface area contributed by atoms with Crippen LogP contribution >= 0.6 is 0 Å². The molecule has 0 aliphatic carbocycles. The first-order valence-electron chi connectivity index (χ1n) is 9.31. The molecule has 0 saturated carbocycles. The molecule has 0 aromatic heterocycles. The molecule has 146 valence electrons. The lowest BCUT2D eigenvalue weighted by Gasteiger charge is -2.30. The summed E-state index contributed by atoms with van der Waals surface area (Å²) in [5, 5.41) is 0. The molecule has 2 heterocycles. The van der Waals surface area contributed by atoms with E-state index in [4.69, 9.17) is 0 Å². The maximum absolute atomic E-state index is 13.2. The van der Waals surface area contributed by atoms with Crippen molar-refractivity contribution in [2.24, 2.45) is 0 Å². The molecule has 1 saturated heterocycles. The van der Waals surface area contributed by atoms with Crippen LogP contribution in [-0.4, -0.2) is 46.4 Å². The Balaban J connectivity index is 1.83. The quantitative estimate of drug-likeness (QED) is 0.796. The monoisotopic (exact) mass is 397 g/mol. The molecule has 1 amide bonds. The van der Waals surface area contributed by atoms with Crippen LogP contribution in [0.25, 0.3) is 0 Å². The smallest absolute Gasteiger partial charge is 0.267 e. The van der Waals surface area contributed by atoms with Gasteiger partial charge in [0.25, 0.3) is 5.91 Å². The number of carbonyl (C=O) groups is 1. The fourth-order valence-electron chi connectivity index (χ4n) is 3.63. The number of amides is 1. The van der Waals surface area contributed by atoms with Crippen molar-refractivity contribution in [2.75, 3.05) is 37.0 Å².